The number of fused-ring (bicyclic) bond motifs is 1. The molecule has 1 heterocycles. The number of ether oxygens (including phenoxy) is 2. The maximum absolute atomic E-state index is 15.4. The van der Waals surface area contributed by atoms with Crippen LogP contribution in [-0.2, 0) is 6.61 Å². The van der Waals surface area contributed by atoms with Crippen LogP contribution in [0.3, 0.4) is 0 Å². The van der Waals surface area contributed by atoms with Crippen molar-refractivity contribution in [3.63, 3.8) is 0 Å². The number of benzene rings is 5. The maximum Gasteiger partial charge on any atom is 0.226 e. The average molecular weight is 663 g/mol. The number of nitrogens with zero attached hydrogens (tertiary/aromatic N) is 1. The highest BCUT2D eigenvalue weighted by Crippen LogP contribution is 2.46. The van der Waals surface area contributed by atoms with E-state index < -0.39 is 15.6 Å². The van der Waals surface area contributed by atoms with E-state index in [1.54, 1.807) is 25.4 Å². The van der Waals surface area contributed by atoms with Gasteiger partial charge in [0.2, 0.25) is 9.76 Å². The van der Waals surface area contributed by atoms with Gasteiger partial charge < -0.3 is 19.2 Å². The van der Waals surface area contributed by atoms with Gasteiger partial charge in [-0.05, 0) is 39.9 Å². The number of pyridine rings is 1. The van der Waals surface area contributed by atoms with Gasteiger partial charge in [0, 0.05) is 35.3 Å². The molecule has 8 heteroatoms. The van der Waals surface area contributed by atoms with E-state index >= 15 is 4.39 Å². The molecule has 1 N–H and O–H groups in total. The van der Waals surface area contributed by atoms with Crippen molar-refractivity contribution in [3.8, 4) is 17.2 Å². The van der Waals surface area contributed by atoms with E-state index in [1.165, 1.54) is 17.2 Å². The van der Waals surface area contributed by atoms with Crippen LogP contribution in [0.1, 0.15) is 36.5 Å². The lowest BCUT2D eigenvalue weighted by atomic mass is 9.82. The number of anilines is 2. The lowest BCUT2D eigenvalue weighted by Crippen LogP contribution is -2.27. The molecule has 5 aromatic carbocycles. The van der Waals surface area contributed by atoms with Crippen molar-refractivity contribution in [2.45, 2.75) is 31.4 Å². The largest absolute Gasteiger partial charge is 0.548 e. The zero-order valence-corrected chi connectivity index (χ0v) is 28.7. The first kappa shape index (κ1) is 32.1. The van der Waals surface area contributed by atoms with Crippen LogP contribution in [0.25, 0.3) is 10.9 Å². The Morgan fingerprint density at radius 2 is 1.43 bits per heavy atom. The third-order valence-corrected chi connectivity index (χ3v) is 10.1. The highest BCUT2D eigenvalue weighted by atomic mass is 35.5. The molecule has 238 valence electrons. The number of hydrogen-bond acceptors (Lipinski definition) is 5. The first-order valence-corrected chi connectivity index (χ1v) is 17.1. The van der Waals surface area contributed by atoms with Gasteiger partial charge in [-0.2, -0.15) is 0 Å². The monoisotopic (exact) mass is 662 g/mol. The molecule has 0 aliphatic heterocycles. The second-order valence-corrected chi connectivity index (χ2v) is 14.9. The van der Waals surface area contributed by atoms with Crippen molar-refractivity contribution in [1.82, 2.24) is 4.98 Å². The summed E-state index contributed by atoms with van der Waals surface area (Å²) in [6.45, 7) is 4.85. The summed E-state index contributed by atoms with van der Waals surface area (Å²) in [6, 6.07) is 39.3. The molecular weight excluding hydrogens is 627 g/mol. The van der Waals surface area contributed by atoms with Crippen LogP contribution < -0.4 is 19.2 Å². The summed E-state index contributed by atoms with van der Waals surface area (Å²) in [6.07, 6.45) is 1.67. The Bertz CT molecular complexity index is 1920. The summed E-state index contributed by atoms with van der Waals surface area (Å²) in [5.74, 6) is 1.19. The van der Waals surface area contributed by atoms with E-state index in [1.807, 2.05) is 54.6 Å². The lowest BCUT2D eigenvalue weighted by Gasteiger charge is -2.35. The zero-order chi connectivity index (χ0) is 32.8. The summed E-state index contributed by atoms with van der Waals surface area (Å²) in [5.41, 5.74) is 5.06. The summed E-state index contributed by atoms with van der Waals surface area (Å²) in [5, 5.41) is 4.02. The predicted molar refractivity (Wildman–Crippen MR) is 192 cm³/mol. The Labute approximate surface area is 282 Å². The molecule has 0 aliphatic carbocycles. The maximum atomic E-state index is 15.4. The van der Waals surface area contributed by atoms with Crippen LogP contribution in [0, 0.1) is 5.82 Å². The number of aromatic nitrogens is 1. The summed E-state index contributed by atoms with van der Waals surface area (Å²) >= 11 is 6.56. The second kappa shape index (κ2) is 14.3. The fourth-order valence-corrected chi connectivity index (χ4v) is 7.58. The highest BCUT2D eigenvalue weighted by Gasteiger charge is 2.34. The van der Waals surface area contributed by atoms with E-state index in [2.05, 4.69) is 72.7 Å². The van der Waals surface area contributed by atoms with Crippen molar-refractivity contribution in [1.29, 1.82) is 0 Å². The van der Waals surface area contributed by atoms with E-state index in [-0.39, 0.29) is 21.7 Å². The summed E-state index contributed by atoms with van der Waals surface area (Å²) in [7, 11) is 0.330. The standard InChI is InChI=1S/C39H36ClFN2O3Si/c1-39(2,38(27-15-9-5-10-16-27)28-17-11-6-12-18-28)47-46-35-24-34(31(41)22-30(35)40)43-32-19-20-42-33-23-37(36(44-3)21-29(32)33)45-25-26-13-7-4-8-14-26/h4-24,38H,25,47H2,1-3H3,(H,42,43). The first-order valence-electron chi connectivity index (χ1n) is 15.4. The fraction of sp³-hybridized carbons (Fsp3) is 0.154. The molecule has 0 unspecified atom stereocenters. The minimum atomic E-state index is -1.26. The Balaban J connectivity index is 1.25. The number of halogens is 2. The van der Waals surface area contributed by atoms with Gasteiger partial charge in [0.05, 0.1) is 23.3 Å². The first-order chi connectivity index (χ1) is 22.8. The predicted octanol–water partition coefficient (Wildman–Crippen LogP) is 9.85. The normalized spacial score (nSPS) is 11.7. The smallest absolute Gasteiger partial charge is 0.226 e. The van der Waals surface area contributed by atoms with E-state index in [9.17, 15) is 0 Å². The van der Waals surface area contributed by atoms with Gasteiger partial charge >= 0.3 is 0 Å². The number of nitrogens with one attached hydrogen (secondary N) is 1. The third-order valence-electron chi connectivity index (χ3n) is 8.20. The quantitative estimate of drug-likeness (QED) is 0.132. The molecule has 5 nitrogen and oxygen atoms in total. The van der Waals surface area contributed by atoms with Gasteiger partial charge in [-0.15, -0.1) is 0 Å². The molecule has 0 fully saturated rings. The van der Waals surface area contributed by atoms with E-state index in [0.29, 0.717) is 35.1 Å². The molecule has 1 aromatic heterocycles. The summed E-state index contributed by atoms with van der Waals surface area (Å²) < 4.78 is 33.6. The molecule has 0 aliphatic rings. The van der Waals surface area contributed by atoms with Crippen molar-refractivity contribution in [3.05, 3.63) is 155 Å². The van der Waals surface area contributed by atoms with Crippen LogP contribution in [0.5, 0.6) is 17.2 Å². The van der Waals surface area contributed by atoms with Crippen molar-refractivity contribution < 1.29 is 18.3 Å². The van der Waals surface area contributed by atoms with Gasteiger partial charge in [-0.1, -0.05) is 116 Å². The Hall–Kier alpha value is -4.85. The van der Waals surface area contributed by atoms with Gasteiger partial charge in [0.15, 0.2) is 11.5 Å². The molecule has 0 saturated carbocycles. The molecule has 0 bridgehead atoms. The van der Waals surface area contributed by atoms with Crippen molar-refractivity contribution in [2.24, 2.45) is 0 Å². The minimum Gasteiger partial charge on any atom is -0.548 e. The van der Waals surface area contributed by atoms with Crippen molar-refractivity contribution >= 4 is 43.6 Å². The Morgan fingerprint density at radius 3 is 2.06 bits per heavy atom. The molecule has 6 aromatic rings. The van der Waals surface area contributed by atoms with Crippen LogP contribution in [-0.4, -0.2) is 21.9 Å². The zero-order valence-electron chi connectivity index (χ0n) is 26.5. The molecule has 0 radical (unpaired) electrons. The second-order valence-electron chi connectivity index (χ2n) is 12.1. The SMILES string of the molecule is COc1cc2c(Nc3cc(O[SiH2]C(C)(C)C(c4ccccc4)c4ccccc4)c(Cl)cc3F)ccnc2cc1OCc1ccccc1. The fourth-order valence-electron chi connectivity index (χ4n) is 5.88. The molecule has 0 amide bonds. The number of rotatable bonds is 12. The molecular formula is C39H36ClFN2O3Si. The van der Waals surface area contributed by atoms with Crippen LogP contribution in [0.15, 0.2) is 128 Å². The van der Waals surface area contributed by atoms with E-state index in [4.69, 9.17) is 25.5 Å². The molecule has 47 heavy (non-hydrogen) atoms. The van der Waals surface area contributed by atoms with Gasteiger partial charge in [0.1, 0.15) is 18.2 Å². The van der Waals surface area contributed by atoms with Gasteiger partial charge in [0.25, 0.3) is 0 Å². The van der Waals surface area contributed by atoms with Crippen LogP contribution in [0.4, 0.5) is 15.8 Å². The highest BCUT2D eigenvalue weighted by molar-refractivity contribution is 6.36. The molecule has 0 atom stereocenters. The van der Waals surface area contributed by atoms with Crippen molar-refractivity contribution in [2.75, 3.05) is 12.4 Å². The van der Waals surface area contributed by atoms with Crippen LogP contribution >= 0.6 is 11.6 Å². The Kier molecular flexibility index (Phi) is 9.75. The molecule has 6 rings (SSSR count). The van der Waals surface area contributed by atoms with Gasteiger partial charge in [-0.25, -0.2) is 4.39 Å². The number of methoxy groups -OCH3 is 1. The lowest BCUT2D eigenvalue weighted by molar-refractivity contribution is 0.285. The average Bonchev–Trinajstić information content (AvgIpc) is 3.09. The number of hydrogen-bond donors (Lipinski definition) is 1. The third kappa shape index (κ3) is 7.43. The van der Waals surface area contributed by atoms with E-state index in [0.717, 1.165) is 10.9 Å². The van der Waals surface area contributed by atoms with Crippen LogP contribution in [0.2, 0.25) is 10.1 Å². The topological polar surface area (TPSA) is 52.6 Å². The minimum absolute atomic E-state index is 0.119. The molecule has 0 saturated heterocycles. The summed E-state index contributed by atoms with van der Waals surface area (Å²) in [4.78, 5) is 4.54. The molecule has 0 spiro atoms. The van der Waals surface area contributed by atoms with Gasteiger partial charge in [-0.3, -0.25) is 4.98 Å². The Morgan fingerprint density at radius 1 is 0.787 bits per heavy atom.